The Hall–Kier alpha value is -2.77. The Balaban J connectivity index is 2.23. The Labute approximate surface area is 119 Å². The van der Waals surface area contributed by atoms with Crippen LogP contribution in [-0.2, 0) is 9.53 Å². The summed E-state index contributed by atoms with van der Waals surface area (Å²) in [4.78, 5) is 12.1. The molecule has 1 N–H and O–H groups in total. The number of halogens is 1. The minimum absolute atomic E-state index is 0.266. The second-order valence-electron chi connectivity index (χ2n) is 4.53. The van der Waals surface area contributed by atoms with Gasteiger partial charge in [-0.05, 0) is 23.4 Å². The molecule has 3 rings (SSSR count). The Morgan fingerprint density at radius 2 is 2.19 bits per heavy atom. The van der Waals surface area contributed by atoms with Gasteiger partial charge in [0.15, 0.2) is 0 Å². The quantitative estimate of drug-likeness (QED) is 0.839. The van der Waals surface area contributed by atoms with Gasteiger partial charge in [-0.1, -0.05) is 23.3 Å². The van der Waals surface area contributed by atoms with Crippen molar-refractivity contribution in [2.24, 2.45) is 0 Å². The SMILES string of the molecule is COC(=O)C1=C(C)Nc2nnnn2C1c1ccccc1F. The topological polar surface area (TPSA) is 81.9 Å². The molecule has 8 heteroatoms. The highest BCUT2D eigenvalue weighted by molar-refractivity contribution is 5.92. The van der Waals surface area contributed by atoms with Gasteiger partial charge in [-0.25, -0.2) is 9.18 Å². The molecule has 0 saturated heterocycles. The monoisotopic (exact) mass is 289 g/mol. The predicted octanol–water partition coefficient (Wildman–Crippen LogP) is 1.27. The summed E-state index contributed by atoms with van der Waals surface area (Å²) < 4.78 is 20.3. The summed E-state index contributed by atoms with van der Waals surface area (Å²) in [5.74, 6) is -0.664. The lowest BCUT2D eigenvalue weighted by molar-refractivity contribution is -0.136. The molecule has 1 aliphatic rings. The highest BCUT2D eigenvalue weighted by Gasteiger charge is 2.35. The highest BCUT2D eigenvalue weighted by atomic mass is 19.1. The summed E-state index contributed by atoms with van der Waals surface area (Å²) >= 11 is 0. The van der Waals surface area contributed by atoms with Gasteiger partial charge in [-0.15, -0.1) is 0 Å². The van der Waals surface area contributed by atoms with E-state index in [1.807, 2.05) is 0 Å². The van der Waals surface area contributed by atoms with E-state index in [0.717, 1.165) is 0 Å². The molecular weight excluding hydrogens is 277 g/mol. The standard InChI is InChI=1S/C13H12FN5O2/c1-7-10(12(20)21-2)11(8-5-3-4-6-9(8)14)19-13(15-7)16-17-18-19/h3-6,11H,1-2H3,(H,15,16,18). The van der Waals surface area contributed by atoms with Gasteiger partial charge in [0.25, 0.3) is 0 Å². The van der Waals surface area contributed by atoms with E-state index in [4.69, 9.17) is 4.74 Å². The molecule has 1 aromatic heterocycles. The Bertz CT molecular complexity index is 740. The molecule has 0 bridgehead atoms. The molecule has 0 fully saturated rings. The second-order valence-corrected chi connectivity index (χ2v) is 4.53. The molecule has 2 heterocycles. The summed E-state index contributed by atoms with van der Waals surface area (Å²) in [5, 5.41) is 14.1. The number of benzene rings is 1. The smallest absolute Gasteiger partial charge is 0.338 e. The number of fused-ring (bicyclic) bond motifs is 1. The molecule has 0 amide bonds. The maximum absolute atomic E-state index is 14.2. The maximum Gasteiger partial charge on any atom is 0.338 e. The molecule has 1 aromatic carbocycles. The Morgan fingerprint density at radius 3 is 2.90 bits per heavy atom. The van der Waals surface area contributed by atoms with Crippen LogP contribution < -0.4 is 5.32 Å². The van der Waals surface area contributed by atoms with E-state index in [2.05, 4.69) is 20.8 Å². The fraction of sp³-hybridized carbons (Fsp3) is 0.231. The van der Waals surface area contributed by atoms with Crippen molar-refractivity contribution in [1.29, 1.82) is 0 Å². The zero-order valence-corrected chi connectivity index (χ0v) is 11.4. The van der Waals surface area contributed by atoms with E-state index in [9.17, 15) is 9.18 Å². The predicted molar refractivity (Wildman–Crippen MR) is 70.7 cm³/mol. The summed E-state index contributed by atoms with van der Waals surface area (Å²) in [7, 11) is 1.27. The van der Waals surface area contributed by atoms with E-state index in [1.54, 1.807) is 25.1 Å². The summed E-state index contributed by atoms with van der Waals surface area (Å²) in [6.07, 6.45) is 0. The zero-order chi connectivity index (χ0) is 15.0. The fourth-order valence-corrected chi connectivity index (χ4v) is 2.37. The number of rotatable bonds is 2. The molecule has 21 heavy (non-hydrogen) atoms. The number of methoxy groups -OCH3 is 1. The van der Waals surface area contributed by atoms with E-state index < -0.39 is 17.8 Å². The number of hydrogen-bond acceptors (Lipinski definition) is 6. The lowest BCUT2D eigenvalue weighted by atomic mass is 9.95. The second kappa shape index (κ2) is 4.97. The molecule has 1 aliphatic heterocycles. The van der Waals surface area contributed by atoms with Crippen LogP contribution in [0, 0.1) is 5.82 Å². The van der Waals surface area contributed by atoms with Gasteiger partial charge >= 0.3 is 5.97 Å². The number of nitrogens with one attached hydrogen (secondary N) is 1. The Kier molecular flexibility index (Phi) is 3.13. The van der Waals surface area contributed by atoms with Crippen LogP contribution >= 0.6 is 0 Å². The van der Waals surface area contributed by atoms with Crippen molar-refractivity contribution >= 4 is 11.9 Å². The van der Waals surface area contributed by atoms with Crippen LogP contribution in [-0.4, -0.2) is 33.3 Å². The van der Waals surface area contributed by atoms with Crippen molar-refractivity contribution in [3.63, 3.8) is 0 Å². The summed E-state index contributed by atoms with van der Waals surface area (Å²) in [6.45, 7) is 1.69. The van der Waals surface area contributed by atoms with Gasteiger partial charge in [0, 0.05) is 11.3 Å². The number of anilines is 1. The lowest BCUT2D eigenvalue weighted by Gasteiger charge is -2.27. The highest BCUT2D eigenvalue weighted by Crippen LogP contribution is 2.35. The Morgan fingerprint density at radius 1 is 1.43 bits per heavy atom. The van der Waals surface area contributed by atoms with Crippen LogP contribution in [0.4, 0.5) is 10.3 Å². The number of aromatic nitrogens is 4. The van der Waals surface area contributed by atoms with Crippen LogP contribution in [0.1, 0.15) is 18.5 Å². The summed E-state index contributed by atoms with van der Waals surface area (Å²) in [6, 6.07) is 5.41. The number of carbonyl (C=O) groups is 1. The van der Waals surface area contributed by atoms with Crippen LogP contribution in [0.3, 0.4) is 0 Å². The molecule has 0 saturated carbocycles. The van der Waals surface area contributed by atoms with E-state index in [-0.39, 0.29) is 5.57 Å². The van der Waals surface area contributed by atoms with Crippen molar-refractivity contribution in [3.8, 4) is 0 Å². The van der Waals surface area contributed by atoms with Gasteiger partial charge in [-0.2, -0.15) is 4.68 Å². The molecule has 0 radical (unpaired) electrons. The van der Waals surface area contributed by atoms with Gasteiger partial charge in [0.05, 0.1) is 12.7 Å². The van der Waals surface area contributed by atoms with E-state index >= 15 is 0 Å². The zero-order valence-electron chi connectivity index (χ0n) is 11.4. The number of hydrogen-bond donors (Lipinski definition) is 1. The number of esters is 1. The van der Waals surface area contributed by atoms with Crippen molar-refractivity contribution in [2.45, 2.75) is 13.0 Å². The molecule has 2 aromatic rings. The molecule has 0 spiro atoms. The van der Waals surface area contributed by atoms with Gasteiger partial charge in [0.2, 0.25) is 5.95 Å². The van der Waals surface area contributed by atoms with Gasteiger partial charge in [-0.3, -0.25) is 0 Å². The van der Waals surface area contributed by atoms with Crippen molar-refractivity contribution in [1.82, 2.24) is 20.2 Å². The number of allylic oxidation sites excluding steroid dienone is 1. The number of tetrazole rings is 1. The largest absolute Gasteiger partial charge is 0.466 e. The number of nitrogens with zero attached hydrogens (tertiary/aromatic N) is 4. The van der Waals surface area contributed by atoms with Gasteiger partial charge < -0.3 is 10.1 Å². The van der Waals surface area contributed by atoms with Gasteiger partial charge in [0.1, 0.15) is 11.9 Å². The summed E-state index contributed by atoms with van der Waals surface area (Å²) in [5.41, 5.74) is 1.09. The first-order valence-corrected chi connectivity index (χ1v) is 6.22. The van der Waals surface area contributed by atoms with E-state index in [1.165, 1.54) is 17.9 Å². The van der Waals surface area contributed by atoms with Crippen molar-refractivity contribution < 1.29 is 13.9 Å². The number of ether oxygens (including phenoxy) is 1. The first-order valence-electron chi connectivity index (χ1n) is 6.22. The molecule has 1 atom stereocenters. The van der Waals surface area contributed by atoms with Crippen molar-refractivity contribution in [2.75, 3.05) is 12.4 Å². The molecule has 108 valence electrons. The average molecular weight is 289 g/mol. The third kappa shape index (κ3) is 2.04. The molecular formula is C13H12FN5O2. The van der Waals surface area contributed by atoms with Crippen LogP contribution in [0.2, 0.25) is 0 Å². The maximum atomic E-state index is 14.2. The minimum atomic E-state index is -0.773. The molecule has 7 nitrogen and oxygen atoms in total. The molecule has 1 unspecified atom stereocenters. The van der Waals surface area contributed by atoms with Crippen LogP contribution in [0.15, 0.2) is 35.5 Å². The first-order chi connectivity index (χ1) is 10.1. The molecule has 0 aliphatic carbocycles. The van der Waals surface area contributed by atoms with Crippen LogP contribution in [0.5, 0.6) is 0 Å². The first kappa shape index (κ1) is 13.2. The minimum Gasteiger partial charge on any atom is -0.466 e. The normalized spacial score (nSPS) is 17.2. The number of carbonyl (C=O) groups excluding carboxylic acids is 1. The lowest BCUT2D eigenvalue weighted by Crippen LogP contribution is -2.29. The van der Waals surface area contributed by atoms with Crippen LogP contribution in [0.25, 0.3) is 0 Å². The third-order valence-electron chi connectivity index (χ3n) is 3.32. The van der Waals surface area contributed by atoms with Crippen molar-refractivity contribution in [3.05, 3.63) is 46.9 Å². The fourth-order valence-electron chi connectivity index (χ4n) is 2.37. The third-order valence-corrected chi connectivity index (χ3v) is 3.32. The van der Waals surface area contributed by atoms with E-state index in [0.29, 0.717) is 17.2 Å². The average Bonchev–Trinajstić information content (AvgIpc) is 2.93.